The number of carbonyl (C=O) groups is 2. The summed E-state index contributed by atoms with van der Waals surface area (Å²) in [5.41, 5.74) is 7.17. The van der Waals surface area contributed by atoms with E-state index in [9.17, 15) is 14.2 Å². The first-order valence-corrected chi connectivity index (χ1v) is 13.2. The molecule has 0 aliphatic heterocycles. The van der Waals surface area contributed by atoms with Crippen molar-refractivity contribution in [2.45, 2.75) is 68.2 Å². The lowest BCUT2D eigenvalue weighted by Crippen LogP contribution is -2.27. The van der Waals surface area contributed by atoms with E-state index >= 15 is 0 Å². The van der Waals surface area contributed by atoms with Crippen LogP contribution in [0.1, 0.15) is 80.8 Å². The van der Waals surface area contributed by atoms with Crippen LogP contribution in [0.25, 0.3) is 0 Å². The molecular weight excluding hydrogens is 415 g/mol. The minimum atomic E-state index is -1.30. The molecule has 0 saturated heterocycles. The molecule has 172 valence electrons. The largest absolute Gasteiger partial charge is 0.338 e. The Bertz CT molecular complexity index is 917. The fraction of sp³-hybridized carbons (Fsp3) is 0.500. The van der Waals surface area contributed by atoms with Gasteiger partial charge in [-0.2, -0.15) is 0 Å². The first kappa shape index (κ1) is 26.1. The van der Waals surface area contributed by atoms with Gasteiger partial charge in [-0.15, -0.1) is 0 Å². The molecule has 0 fully saturated rings. The Morgan fingerprint density at radius 2 is 1.12 bits per heavy atom. The van der Waals surface area contributed by atoms with E-state index in [2.05, 4.69) is 13.8 Å². The minimum Gasteiger partial charge on any atom is -0.293 e. The molecule has 0 radical (unpaired) electrons. The van der Waals surface area contributed by atoms with Gasteiger partial charge in [0.1, 0.15) is 12.3 Å². The first-order chi connectivity index (χ1) is 14.9. The maximum absolute atomic E-state index is 13.8. The van der Waals surface area contributed by atoms with E-state index in [0.717, 1.165) is 33.4 Å². The van der Waals surface area contributed by atoms with Crippen LogP contribution in [-0.2, 0) is 4.57 Å². The zero-order chi connectivity index (χ0) is 24.2. The van der Waals surface area contributed by atoms with Gasteiger partial charge in [-0.05, 0) is 82.6 Å². The van der Waals surface area contributed by atoms with Crippen LogP contribution in [0.5, 0.6) is 0 Å². The summed E-state index contributed by atoms with van der Waals surface area (Å²) in [7, 11) is -1.30. The normalized spacial score (nSPS) is 11.9. The molecule has 2 aromatic rings. The van der Waals surface area contributed by atoms with Gasteiger partial charge in [0, 0.05) is 11.1 Å². The predicted molar refractivity (Wildman–Crippen MR) is 135 cm³/mol. The topological polar surface area (TPSA) is 51.2 Å². The summed E-state index contributed by atoms with van der Waals surface area (Å²) in [6, 6.07) is 8.01. The van der Waals surface area contributed by atoms with Crippen LogP contribution >= 0.6 is 7.80 Å². The highest BCUT2D eigenvalue weighted by molar-refractivity contribution is 7.44. The third kappa shape index (κ3) is 6.45. The molecule has 0 aliphatic carbocycles. The van der Waals surface area contributed by atoms with E-state index in [1.54, 1.807) is 0 Å². The van der Waals surface area contributed by atoms with Crippen molar-refractivity contribution in [2.24, 2.45) is 11.8 Å². The molecule has 3 nitrogen and oxygen atoms in total. The summed E-state index contributed by atoms with van der Waals surface area (Å²) in [4.78, 5) is 27.5. The summed E-state index contributed by atoms with van der Waals surface area (Å²) in [6.07, 6.45) is 2.28. The minimum absolute atomic E-state index is 0.108. The molecule has 0 spiro atoms. The van der Waals surface area contributed by atoms with Gasteiger partial charge in [-0.1, -0.05) is 53.8 Å². The van der Waals surface area contributed by atoms with Crippen LogP contribution in [0, 0.1) is 53.4 Å². The van der Waals surface area contributed by atoms with Gasteiger partial charge >= 0.3 is 7.80 Å². The second-order valence-electron chi connectivity index (χ2n) is 9.75. The molecule has 2 aromatic carbocycles. The standard InChI is InChI=1S/C28H38O3P/c1-17(2)16-32(31)11-9-10-24(27(29)25-20(5)12-18(3)13-21(25)6)28(30)26-22(7)14-19(4)15-23(26)8/h12-15,17,24H,9-11,16H2,1-8H3/q+1. The average molecular weight is 454 g/mol. The van der Waals surface area contributed by atoms with Crippen molar-refractivity contribution in [3.05, 3.63) is 68.8 Å². The first-order valence-electron chi connectivity index (χ1n) is 11.6. The summed E-state index contributed by atoms with van der Waals surface area (Å²) in [5, 5.41) is 0. The molecule has 1 atom stereocenters. The number of benzene rings is 2. The maximum atomic E-state index is 13.8. The lowest BCUT2D eigenvalue weighted by molar-refractivity contribution is 0.0797. The highest BCUT2D eigenvalue weighted by Gasteiger charge is 2.32. The molecule has 0 heterocycles. The maximum Gasteiger partial charge on any atom is 0.338 e. The smallest absolute Gasteiger partial charge is 0.293 e. The van der Waals surface area contributed by atoms with E-state index in [-0.39, 0.29) is 11.6 Å². The van der Waals surface area contributed by atoms with Crippen LogP contribution in [-0.4, -0.2) is 23.9 Å². The fourth-order valence-corrected chi connectivity index (χ4v) is 6.37. The second-order valence-corrected chi connectivity index (χ2v) is 11.5. The Balaban J connectivity index is 2.43. The fourth-order valence-electron chi connectivity index (χ4n) is 4.84. The highest BCUT2D eigenvalue weighted by atomic mass is 31.1. The van der Waals surface area contributed by atoms with Crippen LogP contribution in [0.4, 0.5) is 0 Å². The summed E-state index contributed by atoms with van der Waals surface area (Å²) in [5.74, 6) is -0.585. The summed E-state index contributed by atoms with van der Waals surface area (Å²) >= 11 is 0. The quantitative estimate of drug-likeness (QED) is 0.213. The van der Waals surface area contributed by atoms with Crippen LogP contribution in [0.2, 0.25) is 0 Å². The lowest BCUT2D eigenvalue weighted by atomic mass is 9.81. The zero-order valence-corrected chi connectivity index (χ0v) is 21.9. The Labute approximate surface area is 194 Å². The Morgan fingerprint density at radius 1 is 0.750 bits per heavy atom. The number of rotatable bonds is 10. The number of hydrogen-bond donors (Lipinski definition) is 0. The third-order valence-electron chi connectivity index (χ3n) is 5.95. The van der Waals surface area contributed by atoms with E-state index in [4.69, 9.17) is 0 Å². The molecular formula is C28H38O3P+. The van der Waals surface area contributed by atoms with Crippen molar-refractivity contribution in [1.82, 2.24) is 0 Å². The van der Waals surface area contributed by atoms with Crippen molar-refractivity contribution in [3.63, 3.8) is 0 Å². The molecule has 0 aliphatic rings. The van der Waals surface area contributed by atoms with E-state index in [1.165, 1.54) is 0 Å². The number of carbonyl (C=O) groups excluding carboxylic acids is 2. The Morgan fingerprint density at radius 3 is 1.47 bits per heavy atom. The molecule has 32 heavy (non-hydrogen) atoms. The van der Waals surface area contributed by atoms with Crippen molar-refractivity contribution in [2.75, 3.05) is 12.3 Å². The number of Topliss-reactive ketones (excluding diaryl/α,β-unsaturated/α-hetero) is 2. The number of ketones is 2. The monoisotopic (exact) mass is 453 g/mol. The molecule has 0 amide bonds. The molecule has 1 unspecified atom stereocenters. The molecule has 0 N–H and O–H groups in total. The zero-order valence-electron chi connectivity index (χ0n) is 21.0. The van der Waals surface area contributed by atoms with Gasteiger partial charge < -0.3 is 0 Å². The van der Waals surface area contributed by atoms with Crippen LogP contribution < -0.4 is 0 Å². The van der Waals surface area contributed by atoms with Gasteiger partial charge in [-0.3, -0.25) is 9.59 Å². The van der Waals surface area contributed by atoms with Crippen molar-refractivity contribution >= 4 is 19.4 Å². The van der Waals surface area contributed by atoms with Crippen molar-refractivity contribution < 1.29 is 14.2 Å². The Kier molecular flexibility index (Phi) is 9.10. The van der Waals surface area contributed by atoms with Gasteiger partial charge in [0.05, 0.1) is 5.92 Å². The van der Waals surface area contributed by atoms with Crippen LogP contribution in [0.3, 0.4) is 0 Å². The van der Waals surface area contributed by atoms with Crippen molar-refractivity contribution in [3.8, 4) is 0 Å². The predicted octanol–water partition coefficient (Wildman–Crippen LogP) is 7.48. The SMILES string of the molecule is Cc1cc(C)c(C(=O)C(CCC[P+](=O)CC(C)C)C(=O)c2c(C)cc(C)cc2C)c(C)c1. The number of hydrogen-bond acceptors (Lipinski definition) is 3. The second kappa shape index (κ2) is 11.1. The van der Waals surface area contributed by atoms with Crippen molar-refractivity contribution in [1.29, 1.82) is 0 Å². The van der Waals surface area contributed by atoms with E-state index in [1.807, 2.05) is 65.8 Å². The number of aryl methyl sites for hydroxylation is 6. The van der Waals surface area contributed by atoms with Gasteiger partial charge in [0.25, 0.3) is 0 Å². The van der Waals surface area contributed by atoms with E-state index in [0.29, 0.717) is 42.2 Å². The summed E-state index contributed by atoms with van der Waals surface area (Å²) in [6.45, 7) is 15.9. The molecule has 2 rings (SSSR count). The van der Waals surface area contributed by atoms with Crippen LogP contribution in [0.15, 0.2) is 24.3 Å². The average Bonchev–Trinajstić information content (AvgIpc) is 2.62. The molecule has 0 aromatic heterocycles. The molecule has 0 saturated carbocycles. The van der Waals surface area contributed by atoms with Gasteiger partial charge in [0.2, 0.25) is 0 Å². The summed E-state index contributed by atoms with van der Waals surface area (Å²) < 4.78 is 12.4. The molecule has 0 bridgehead atoms. The highest BCUT2D eigenvalue weighted by Crippen LogP contribution is 2.31. The Hall–Kier alpha value is -2.12. The van der Waals surface area contributed by atoms with Gasteiger partial charge in [-0.25, -0.2) is 0 Å². The van der Waals surface area contributed by atoms with E-state index < -0.39 is 13.7 Å². The molecule has 4 heteroatoms. The van der Waals surface area contributed by atoms with Gasteiger partial charge in [0.15, 0.2) is 11.6 Å². The lowest BCUT2D eigenvalue weighted by Gasteiger charge is -2.20. The third-order valence-corrected chi connectivity index (χ3v) is 7.90.